The van der Waals surface area contributed by atoms with Crippen molar-refractivity contribution in [3.63, 3.8) is 0 Å². The molecular weight excluding hydrogens is 242 g/mol. The lowest BCUT2D eigenvalue weighted by Crippen LogP contribution is -2.55. The minimum absolute atomic E-state index is 0.413. The van der Waals surface area contributed by atoms with Crippen molar-refractivity contribution in [2.75, 3.05) is 37.4 Å². The minimum atomic E-state index is 0.413. The number of ether oxygens (including phenoxy) is 1. The van der Waals surface area contributed by atoms with E-state index >= 15 is 0 Å². The normalized spacial score (nSPS) is 27.4. The molecule has 104 valence electrons. The minimum Gasteiger partial charge on any atom is -0.479 e. The first-order valence-electron chi connectivity index (χ1n) is 6.86. The highest BCUT2D eigenvalue weighted by atomic mass is 16.5. The fourth-order valence-corrected chi connectivity index (χ4v) is 3.24. The van der Waals surface area contributed by atoms with E-state index in [0.29, 0.717) is 23.7 Å². The Bertz CT molecular complexity index is 466. The molecule has 0 aliphatic carbocycles. The number of piperazine rings is 1. The molecule has 2 aliphatic rings. The summed E-state index contributed by atoms with van der Waals surface area (Å²) in [4.78, 5) is 13.3. The Morgan fingerprint density at radius 1 is 1.37 bits per heavy atom. The summed E-state index contributed by atoms with van der Waals surface area (Å²) < 4.78 is 5.19. The molecule has 6 heteroatoms. The van der Waals surface area contributed by atoms with Crippen LogP contribution >= 0.6 is 0 Å². The Hall–Kier alpha value is -1.56. The number of nitrogens with two attached hydrogens (primary N) is 1. The molecule has 0 amide bonds. The van der Waals surface area contributed by atoms with Crippen LogP contribution in [0, 0.1) is 0 Å². The largest absolute Gasteiger partial charge is 0.479 e. The third-order valence-corrected chi connectivity index (χ3v) is 4.23. The Balaban J connectivity index is 1.89. The van der Waals surface area contributed by atoms with Gasteiger partial charge in [-0.15, -0.1) is 0 Å². The third-order valence-electron chi connectivity index (χ3n) is 4.23. The maximum absolute atomic E-state index is 6.12. The molecule has 3 heterocycles. The zero-order chi connectivity index (χ0) is 13.4. The molecule has 0 bridgehead atoms. The average molecular weight is 263 g/mol. The molecule has 2 unspecified atom stereocenters. The summed E-state index contributed by atoms with van der Waals surface area (Å²) in [6.07, 6.45) is 4.09. The van der Waals surface area contributed by atoms with Gasteiger partial charge < -0.3 is 15.4 Å². The molecule has 0 aromatic carbocycles. The number of hydrogen-bond donors (Lipinski definition) is 1. The summed E-state index contributed by atoms with van der Waals surface area (Å²) in [6, 6.07) is 1.05. The van der Waals surface area contributed by atoms with Gasteiger partial charge >= 0.3 is 0 Å². The van der Waals surface area contributed by atoms with Crippen molar-refractivity contribution >= 4 is 11.5 Å². The Labute approximate surface area is 113 Å². The van der Waals surface area contributed by atoms with Crippen LogP contribution in [0.2, 0.25) is 0 Å². The maximum atomic E-state index is 6.12. The van der Waals surface area contributed by atoms with E-state index in [1.807, 2.05) is 0 Å². The van der Waals surface area contributed by atoms with Crippen LogP contribution in [0.3, 0.4) is 0 Å². The number of fused-ring (bicyclic) bond motifs is 1. The molecule has 1 aromatic heterocycles. The first-order valence-corrected chi connectivity index (χ1v) is 6.86. The quantitative estimate of drug-likeness (QED) is 0.849. The lowest BCUT2D eigenvalue weighted by Gasteiger charge is -2.43. The highest BCUT2D eigenvalue weighted by Gasteiger charge is 2.35. The second-order valence-electron chi connectivity index (χ2n) is 5.41. The summed E-state index contributed by atoms with van der Waals surface area (Å²) in [5, 5.41) is 0. The molecule has 6 nitrogen and oxygen atoms in total. The van der Waals surface area contributed by atoms with E-state index in [2.05, 4.69) is 26.7 Å². The number of methoxy groups -OCH3 is 1. The van der Waals surface area contributed by atoms with Crippen molar-refractivity contribution in [1.82, 2.24) is 14.9 Å². The fourth-order valence-electron chi connectivity index (χ4n) is 3.24. The molecule has 2 N–H and O–H groups in total. The molecule has 3 rings (SSSR count). The average Bonchev–Trinajstić information content (AvgIpc) is 2.85. The molecule has 1 aromatic rings. The predicted octanol–water partition coefficient (Wildman–Crippen LogP) is 0.740. The van der Waals surface area contributed by atoms with Crippen LogP contribution in [-0.2, 0) is 0 Å². The summed E-state index contributed by atoms with van der Waals surface area (Å²) >= 11 is 0. The van der Waals surface area contributed by atoms with Crippen LogP contribution in [0.15, 0.2) is 6.33 Å². The van der Waals surface area contributed by atoms with E-state index in [0.717, 1.165) is 18.9 Å². The van der Waals surface area contributed by atoms with Crippen LogP contribution in [-0.4, -0.2) is 53.7 Å². The van der Waals surface area contributed by atoms with Crippen molar-refractivity contribution in [3.05, 3.63) is 6.33 Å². The summed E-state index contributed by atoms with van der Waals surface area (Å²) in [5.74, 6) is 1.27. The van der Waals surface area contributed by atoms with Gasteiger partial charge in [-0.05, 0) is 26.3 Å². The fraction of sp³-hybridized carbons (Fsp3) is 0.692. The van der Waals surface area contributed by atoms with Crippen LogP contribution in [0.25, 0.3) is 0 Å². The lowest BCUT2D eigenvalue weighted by atomic mass is 10.1. The zero-order valence-electron chi connectivity index (χ0n) is 11.5. The second kappa shape index (κ2) is 4.85. The van der Waals surface area contributed by atoms with Crippen molar-refractivity contribution in [1.29, 1.82) is 0 Å². The van der Waals surface area contributed by atoms with Gasteiger partial charge in [0.25, 0.3) is 0 Å². The second-order valence-corrected chi connectivity index (χ2v) is 5.41. The van der Waals surface area contributed by atoms with Gasteiger partial charge in [0.05, 0.1) is 7.11 Å². The van der Waals surface area contributed by atoms with E-state index in [4.69, 9.17) is 10.5 Å². The van der Waals surface area contributed by atoms with E-state index in [9.17, 15) is 0 Å². The first kappa shape index (κ1) is 12.5. The lowest BCUT2D eigenvalue weighted by molar-refractivity contribution is 0.202. The van der Waals surface area contributed by atoms with E-state index in [1.54, 1.807) is 7.11 Å². The highest BCUT2D eigenvalue weighted by molar-refractivity contribution is 5.68. The van der Waals surface area contributed by atoms with Crippen LogP contribution in [0.1, 0.15) is 19.8 Å². The van der Waals surface area contributed by atoms with Gasteiger partial charge in [0, 0.05) is 25.2 Å². The van der Waals surface area contributed by atoms with Crippen molar-refractivity contribution < 1.29 is 4.74 Å². The molecule has 2 fully saturated rings. The molecular formula is C13H21N5O. The first-order chi connectivity index (χ1) is 9.20. The monoisotopic (exact) mass is 263 g/mol. The molecule has 19 heavy (non-hydrogen) atoms. The van der Waals surface area contributed by atoms with Gasteiger partial charge in [0.2, 0.25) is 5.88 Å². The molecule has 0 radical (unpaired) electrons. The number of nitrogen functional groups attached to an aromatic ring is 1. The van der Waals surface area contributed by atoms with Gasteiger partial charge in [-0.3, -0.25) is 4.90 Å². The highest BCUT2D eigenvalue weighted by Crippen LogP contribution is 2.33. The third kappa shape index (κ3) is 2.10. The van der Waals surface area contributed by atoms with Crippen LogP contribution in [0.5, 0.6) is 5.88 Å². The number of anilines is 2. The standard InChI is InChI=1S/C13H21N5O/c1-9-6-17-5-3-4-10(17)7-18(9)12-11(14)13(19-2)16-8-15-12/h8-10H,3-7,14H2,1-2H3. The summed E-state index contributed by atoms with van der Waals surface area (Å²) in [5.41, 5.74) is 6.66. The van der Waals surface area contributed by atoms with Crippen molar-refractivity contribution in [3.8, 4) is 5.88 Å². The molecule has 2 aliphatic heterocycles. The molecule has 2 saturated heterocycles. The van der Waals surface area contributed by atoms with Gasteiger partial charge in [-0.2, -0.15) is 4.98 Å². The number of rotatable bonds is 2. The van der Waals surface area contributed by atoms with Gasteiger partial charge in [-0.1, -0.05) is 0 Å². The summed E-state index contributed by atoms with van der Waals surface area (Å²) in [6.45, 7) is 5.52. The molecule has 0 saturated carbocycles. The Kier molecular flexibility index (Phi) is 3.18. The Morgan fingerprint density at radius 2 is 2.21 bits per heavy atom. The van der Waals surface area contributed by atoms with Crippen LogP contribution in [0.4, 0.5) is 11.5 Å². The smallest absolute Gasteiger partial charge is 0.242 e. The van der Waals surface area contributed by atoms with Gasteiger partial charge in [0.1, 0.15) is 12.0 Å². The van der Waals surface area contributed by atoms with E-state index in [-0.39, 0.29) is 0 Å². The Morgan fingerprint density at radius 3 is 3.00 bits per heavy atom. The van der Waals surface area contributed by atoms with Crippen molar-refractivity contribution in [2.24, 2.45) is 0 Å². The maximum Gasteiger partial charge on any atom is 0.242 e. The topological polar surface area (TPSA) is 67.5 Å². The van der Waals surface area contributed by atoms with Crippen molar-refractivity contribution in [2.45, 2.75) is 31.8 Å². The molecule has 0 spiro atoms. The number of nitrogens with zero attached hydrogens (tertiary/aromatic N) is 4. The van der Waals surface area contributed by atoms with Gasteiger partial charge in [-0.25, -0.2) is 4.98 Å². The van der Waals surface area contributed by atoms with E-state index < -0.39 is 0 Å². The van der Waals surface area contributed by atoms with Crippen LogP contribution < -0.4 is 15.4 Å². The zero-order valence-corrected chi connectivity index (χ0v) is 11.5. The number of hydrogen-bond acceptors (Lipinski definition) is 6. The SMILES string of the molecule is COc1ncnc(N2CC3CCCN3CC2C)c1N. The number of aromatic nitrogens is 2. The predicted molar refractivity (Wildman–Crippen MR) is 74.4 cm³/mol. The summed E-state index contributed by atoms with van der Waals surface area (Å²) in [7, 11) is 1.58. The molecule has 2 atom stereocenters. The van der Waals surface area contributed by atoms with Gasteiger partial charge in [0.15, 0.2) is 5.82 Å². The van der Waals surface area contributed by atoms with E-state index in [1.165, 1.54) is 25.7 Å².